The fourth-order valence-electron chi connectivity index (χ4n) is 2.39. The molecule has 0 bridgehead atoms. The molecule has 0 radical (unpaired) electrons. The number of hydrogen-bond donors (Lipinski definition) is 1. The van der Waals surface area contributed by atoms with E-state index in [1.165, 1.54) is 5.41 Å². The van der Waals surface area contributed by atoms with Gasteiger partial charge in [0.1, 0.15) is 0 Å². The molecule has 0 aromatic rings. The topological polar surface area (TPSA) is 49.4 Å². The zero-order valence-corrected chi connectivity index (χ0v) is 10.5. The average molecular weight is 244 g/mol. The van der Waals surface area contributed by atoms with Gasteiger partial charge in [-0.25, -0.2) is 8.42 Å². The molecule has 0 amide bonds. The van der Waals surface area contributed by atoms with Crippen molar-refractivity contribution in [1.29, 1.82) is 0 Å². The Hall–Kier alpha value is -0.390. The molecule has 0 saturated carbocycles. The van der Waals surface area contributed by atoms with Crippen LogP contribution in [0, 0.1) is 0 Å². The van der Waals surface area contributed by atoms with E-state index in [9.17, 15) is 8.42 Å². The molecule has 4 nitrogen and oxygen atoms in total. The van der Waals surface area contributed by atoms with Crippen LogP contribution in [0.1, 0.15) is 19.8 Å². The van der Waals surface area contributed by atoms with Crippen molar-refractivity contribution in [2.75, 3.05) is 25.4 Å². The maximum absolute atomic E-state index is 11.4. The highest BCUT2D eigenvalue weighted by atomic mass is 32.2. The van der Waals surface area contributed by atoms with Crippen LogP contribution in [0.15, 0.2) is 11.5 Å². The molecule has 2 aliphatic rings. The fourth-order valence-corrected chi connectivity index (χ4v) is 3.72. The van der Waals surface area contributed by atoms with Crippen LogP contribution in [-0.4, -0.2) is 50.8 Å². The van der Waals surface area contributed by atoms with Crippen molar-refractivity contribution in [3.8, 4) is 0 Å². The first-order valence-electron chi connectivity index (χ1n) is 5.99. The summed E-state index contributed by atoms with van der Waals surface area (Å²) in [6, 6.07) is 0.596. The van der Waals surface area contributed by atoms with E-state index in [1.54, 1.807) is 0 Å². The van der Waals surface area contributed by atoms with Gasteiger partial charge in [0.2, 0.25) is 0 Å². The Morgan fingerprint density at radius 3 is 2.94 bits per heavy atom. The third kappa shape index (κ3) is 2.84. The van der Waals surface area contributed by atoms with Crippen molar-refractivity contribution in [2.45, 2.75) is 31.8 Å². The second-order valence-electron chi connectivity index (χ2n) is 4.63. The summed E-state index contributed by atoms with van der Waals surface area (Å²) in [6.45, 7) is 5.16. The monoisotopic (exact) mass is 244 g/mol. The normalized spacial score (nSPS) is 35.1. The summed E-state index contributed by atoms with van der Waals surface area (Å²) in [4.78, 5) is 2.30. The first kappa shape index (κ1) is 12.1. The Balaban J connectivity index is 2.01. The number of nitrogens with one attached hydrogen (secondary N) is 1. The van der Waals surface area contributed by atoms with Crippen molar-refractivity contribution in [3.63, 3.8) is 0 Å². The number of rotatable bonds is 2. The molecule has 1 fully saturated rings. The molecule has 2 unspecified atom stereocenters. The Kier molecular flexibility index (Phi) is 3.66. The van der Waals surface area contributed by atoms with Crippen LogP contribution in [0.2, 0.25) is 0 Å². The van der Waals surface area contributed by atoms with Gasteiger partial charge in [-0.2, -0.15) is 0 Å². The smallest absolute Gasteiger partial charge is 0.173 e. The minimum absolute atomic E-state index is 0.0962. The molecule has 2 aliphatic heterocycles. The Bertz CT molecular complexity index is 364. The van der Waals surface area contributed by atoms with Gasteiger partial charge in [0.25, 0.3) is 0 Å². The van der Waals surface area contributed by atoms with Crippen LogP contribution in [-0.2, 0) is 9.84 Å². The lowest BCUT2D eigenvalue weighted by molar-refractivity contribution is 0.238. The van der Waals surface area contributed by atoms with E-state index in [-0.39, 0.29) is 11.8 Å². The van der Waals surface area contributed by atoms with E-state index in [1.807, 2.05) is 6.08 Å². The van der Waals surface area contributed by atoms with E-state index in [0.717, 1.165) is 32.5 Å². The summed E-state index contributed by atoms with van der Waals surface area (Å²) in [5.41, 5.74) is 0. The third-order valence-electron chi connectivity index (χ3n) is 3.38. The fraction of sp³-hybridized carbons (Fsp3) is 0.818. The van der Waals surface area contributed by atoms with Gasteiger partial charge in [0.15, 0.2) is 9.84 Å². The number of hydrogen-bond acceptors (Lipinski definition) is 4. The molecule has 92 valence electrons. The number of nitrogens with zero attached hydrogens (tertiary/aromatic N) is 1. The standard InChI is InChI=1S/C11H20N2O2S/c1-2-10-8-13(6-3-5-12-10)11-4-7-16(14,15)9-11/h4,7,10-12H,2-3,5-6,8-9H2,1H3. The van der Waals surface area contributed by atoms with E-state index >= 15 is 0 Å². The predicted molar refractivity (Wildman–Crippen MR) is 65.0 cm³/mol. The first-order valence-corrected chi connectivity index (χ1v) is 7.70. The van der Waals surface area contributed by atoms with Gasteiger partial charge in [-0.05, 0) is 19.4 Å². The van der Waals surface area contributed by atoms with Crippen molar-refractivity contribution in [2.24, 2.45) is 0 Å². The lowest BCUT2D eigenvalue weighted by Gasteiger charge is -2.27. The van der Waals surface area contributed by atoms with Crippen molar-refractivity contribution >= 4 is 9.84 Å². The molecule has 5 heteroatoms. The molecular weight excluding hydrogens is 224 g/mol. The minimum atomic E-state index is -2.92. The minimum Gasteiger partial charge on any atom is -0.313 e. The summed E-state index contributed by atoms with van der Waals surface area (Å²) >= 11 is 0. The molecule has 0 aromatic heterocycles. The maximum atomic E-state index is 11.4. The van der Waals surface area contributed by atoms with Gasteiger partial charge in [-0.1, -0.05) is 13.0 Å². The highest BCUT2D eigenvalue weighted by Crippen LogP contribution is 2.17. The zero-order chi connectivity index (χ0) is 11.6. The van der Waals surface area contributed by atoms with E-state index in [4.69, 9.17) is 0 Å². The van der Waals surface area contributed by atoms with Gasteiger partial charge in [-0.3, -0.25) is 4.90 Å². The van der Waals surface area contributed by atoms with E-state index < -0.39 is 9.84 Å². The van der Waals surface area contributed by atoms with E-state index in [0.29, 0.717) is 6.04 Å². The SMILES string of the molecule is CCC1CN(C2C=CS(=O)(=O)C2)CCCN1. The maximum Gasteiger partial charge on any atom is 0.173 e. The molecular formula is C11H20N2O2S. The quantitative estimate of drug-likeness (QED) is 0.762. The van der Waals surface area contributed by atoms with Crippen LogP contribution in [0.4, 0.5) is 0 Å². The van der Waals surface area contributed by atoms with Gasteiger partial charge < -0.3 is 5.32 Å². The molecule has 16 heavy (non-hydrogen) atoms. The Morgan fingerprint density at radius 2 is 2.31 bits per heavy atom. The van der Waals surface area contributed by atoms with Crippen molar-refractivity contribution < 1.29 is 8.42 Å². The van der Waals surface area contributed by atoms with Crippen LogP contribution in [0.5, 0.6) is 0 Å². The van der Waals surface area contributed by atoms with Crippen molar-refractivity contribution in [1.82, 2.24) is 10.2 Å². The van der Waals surface area contributed by atoms with Gasteiger partial charge in [0.05, 0.1) is 5.75 Å². The second-order valence-corrected chi connectivity index (χ2v) is 6.56. The largest absolute Gasteiger partial charge is 0.313 e. The highest BCUT2D eigenvalue weighted by molar-refractivity contribution is 7.94. The molecule has 0 aromatic carbocycles. The first-order chi connectivity index (χ1) is 7.61. The van der Waals surface area contributed by atoms with Gasteiger partial charge in [-0.15, -0.1) is 0 Å². The van der Waals surface area contributed by atoms with Crippen LogP contribution in [0.25, 0.3) is 0 Å². The third-order valence-corrected chi connectivity index (χ3v) is 4.76. The predicted octanol–water partition coefficient (Wildman–Crippen LogP) is 0.371. The summed E-state index contributed by atoms with van der Waals surface area (Å²) in [6.07, 6.45) is 4.04. The Labute approximate surface area is 97.6 Å². The number of sulfone groups is 1. The van der Waals surface area contributed by atoms with E-state index in [2.05, 4.69) is 17.1 Å². The van der Waals surface area contributed by atoms with Crippen LogP contribution in [0.3, 0.4) is 0 Å². The molecule has 0 spiro atoms. The van der Waals surface area contributed by atoms with Crippen LogP contribution < -0.4 is 5.32 Å². The summed E-state index contributed by atoms with van der Waals surface area (Å²) in [7, 11) is -2.92. The molecule has 1 saturated heterocycles. The average Bonchev–Trinajstić information content (AvgIpc) is 2.51. The molecule has 1 N–H and O–H groups in total. The summed E-state index contributed by atoms with van der Waals surface area (Å²) in [5.74, 6) is 0.267. The van der Waals surface area contributed by atoms with Gasteiger partial charge >= 0.3 is 0 Å². The lowest BCUT2D eigenvalue weighted by atomic mass is 10.2. The highest BCUT2D eigenvalue weighted by Gasteiger charge is 2.29. The second kappa shape index (κ2) is 4.85. The summed E-state index contributed by atoms with van der Waals surface area (Å²) < 4.78 is 22.8. The van der Waals surface area contributed by atoms with Crippen molar-refractivity contribution in [3.05, 3.63) is 11.5 Å². The molecule has 0 aliphatic carbocycles. The molecule has 2 heterocycles. The Morgan fingerprint density at radius 1 is 1.50 bits per heavy atom. The molecule has 2 atom stereocenters. The lowest BCUT2D eigenvalue weighted by Crippen LogP contribution is -2.42. The van der Waals surface area contributed by atoms with Gasteiger partial charge in [0, 0.05) is 30.6 Å². The van der Waals surface area contributed by atoms with Crippen LogP contribution >= 0.6 is 0 Å². The summed E-state index contributed by atoms with van der Waals surface area (Å²) in [5, 5.41) is 4.86. The molecule has 2 rings (SSSR count). The zero-order valence-electron chi connectivity index (χ0n) is 9.72.